The highest BCUT2D eigenvalue weighted by Gasteiger charge is 2.38. The first-order chi connectivity index (χ1) is 16.5. The molecule has 3 rings (SSSR count). The van der Waals surface area contributed by atoms with E-state index >= 15 is 0 Å². The molecule has 36 heavy (non-hydrogen) atoms. The summed E-state index contributed by atoms with van der Waals surface area (Å²) in [6.45, 7) is 6.08. The number of nitrogens with zero attached hydrogens (tertiary/aromatic N) is 3. The number of rotatable bonds is 8. The van der Waals surface area contributed by atoms with Gasteiger partial charge in [-0.15, -0.1) is 0 Å². The minimum Gasteiger partial charge on any atom is -0.293 e. The molecule has 6 nitrogen and oxygen atoms in total. The average Bonchev–Trinajstić information content (AvgIpc) is 3.14. The summed E-state index contributed by atoms with van der Waals surface area (Å²) in [7, 11) is -4.63. The lowest BCUT2D eigenvalue weighted by atomic mass is 9.93. The molecule has 0 radical (unpaired) electrons. The minimum atomic E-state index is -4.87. The Labute approximate surface area is 206 Å². The Morgan fingerprint density at radius 2 is 1.78 bits per heavy atom. The second kappa shape index (κ2) is 10.2. The highest BCUT2D eigenvalue weighted by molar-refractivity contribution is 7.89. The zero-order valence-electron chi connectivity index (χ0n) is 20.0. The Balaban J connectivity index is 1.81. The molecular weight excluding hydrogens is 510 g/mol. The monoisotopic (exact) mass is 538 g/mol. The molecule has 1 aliphatic rings. The van der Waals surface area contributed by atoms with Crippen molar-refractivity contribution in [1.82, 2.24) is 19.4 Å². The SMILES string of the molecule is CCn1nc(CN2CC=C(C(F)(F)F)CC2)cc1-c1cccc(C(C)(C)NS(=O)(=O)CC(F)(F)F)c1. The normalized spacial score (nSPS) is 16.3. The van der Waals surface area contributed by atoms with E-state index in [2.05, 4.69) is 9.82 Å². The van der Waals surface area contributed by atoms with E-state index in [1.807, 2.05) is 17.9 Å². The number of aryl methyl sites for hydroxylation is 1. The maximum absolute atomic E-state index is 12.9. The van der Waals surface area contributed by atoms with Gasteiger partial charge in [-0.1, -0.05) is 24.3 Å². The quantitative estimate of drug-likeness (QED) is 0.380. The van der Waals surface area contributed by atoms with Gasteiger partial charge in [0.05, 0.1) is 16.9 Å². The third-order valence-electron chi connectivity index (χ3n) is 5.82. The van der Waals surface area contributed by atoms with Gasteiger partial charge < -0.3 is 0 Å². The van der Waals surface area contributed by atoms with Crippen LogP contribution in [0.4, 0.5) is 26.3 Å². The van der Waals surface area contributed by atoms with Crippen LogP contribution < -0.4 is 4.72 Å². The first-order valence-corrected chi connectivity index (χ1v) is 12.9. The summed E-state index contributed by atoms with van der Waals surface area (Å²) in [6.07, 6.45) is -8.09. The van der Waals surface area contributed by atoms with Crippen molar-refractivity contribution in [3.63, 3.8) is 0 Å². The average molecular weight is 539 g/mol. The minimum absolute atomic E-state index is 0.0911. The molecule has 0 unspecified atom stereocenters. The Morgan fingerprint density at radius 1 is 1.08 bits per heavy atom. The number of hydrogen-bond donors (Lipinski definition) is 1. The summed E-state index contributed by atoms with van der Waals surface area (Å²) in [5, 5.41) is 4.55. The van der Waals surface area contributed by atoms with E-state index in [1.165, 1.54) is 19.9 Å². The molecule has 1 aliphatic heterocycles. The van der Waals surface area contributed by atoms with Crippen LogP contribution in [0.15, 0.2) is 42.0 Å². The van der Waals surface area contributed by atoms with Gasteiger partial charge in [0.15, 0.2) is 5.75 Å². The van der Waals surface area contributed by atoms with Gasteiger partial charge in [-0.05, 0) is 44.9 Å². The van der Waals surface area contributed by atoms with Crippen molar-refractivity contribution in [3.05, 3.63) is 53.2 Å². The lowest BCUT2D eigenvalue weighted by molar-refractivity contribution is -0.106. The van der Waals surface area contributed by atoms with Crippen LogP contribution in [-0.4, -0.2) is 54.3 Å². The molecule has 13 heteroatoms. The predicted molar refractivity (Wildman–Crippen MR) is 123 cm³/mol. The van der Waals surface area contributed by atoms with E-state index in [0.29, 0.717) is 35.6 Å². The maximum atomic E-state index is 12.9. The van der Waals surface area contributed by atoms with Gasteiger partial charge >= 0.3 is 12.4 Å². The van der Waals surface area contributed by atoms with Gasteiger partial charge in [-0.2, -0.15) is 31.4 Å². The molecule has 0 amide bonds. The van der Waals surface area contributed by atoms with Crippen molar-refractivity contribution >= 4 is 10.0 Å². The third-order valence-corrected chi connectivity index (χ3v) is 7.35. The number of aromatic nitrogens is 2. The fourth-order valence-corrected chi connectivity index (χ4v) is 5.53. The predicted octanol–water partition coefficient (Wildman–Crippen LogP) is 4.98. The summed E-state index contributed by atoms with van der Waals surface area (Å²) in [5.74, 6) is -1.98. The number of hydrogen-bond acceptors (Lipinski definition) is 4. The molecule has 0 saturated heterocycles. The van der Waals surface area contributed by atoms with Crippen molar-refractivity contribution < 1.29 is 34.8 Å². The number of halogens is 6. The van der Waals surface area contributed by atoms with Crippen LogP contribution in [0.3, 0.4) is 0 Å². The van der Waals surface area contributed by atoms with Crippen molar-refractivity contribution in [1.29, 1.82) is 0 Å². The van der Waals surface area contributed by atoms with Crippen molar-refractivity contribution in [2.75, 3.05) is 18.8 Å². The molecule has 0 fully saturated rings. The van der Waals surface area contributed by atoms with Crippen LogP contribution in [0.1, 0.15) is 38.4 Å². The molecule has 2 aromatic rings. The van der Waals surface area contributed by atoms with Crippen LogP contribution in [0.25, 0.3) is 11.3 Å². The number of sulfonamides is 1. The molecule has 200 valence electrons. The molecular formula is C23H28F6N4O2S. The van der Waals surface area contributed by atoms with E-state index in [4.69, 9.17) is 0 Å². The molecule has 0 bridgehead atoms. The standard InChI is InChI=1S/C23H28F6N4O2S/c1-4-33-20(13-19(30-33)14-32-10-8-17(9-11-32)23(27,28)29)16-6-5-7-18(12-16)21(2,3)31-36(34,35)15-22(24,25)26/h5-8,12-13,31H,4,9-11,14-15H2,1-3H3. The molecule has 1 N–H and O–H groups in total. The van der Waals surface area contributed by atoms with E-state index in [-0.39, 0.29) is 19.5 Å². The maximum Gasteiger partial charge on any atom is 0.412 e. The summed E-state index contributed by atoms with van der Waals surface area (Å²) >= 11 is 0. The van der Waals surface area contributed by atoms with Crippen molar-refractivity contribution in [3.8, 4) is 11.3 Å². The largest absolute Gasteiger partial charge is 0.412 e. The Kier molecular flexibility index (Phi) is 7.97. The fraction of sp³-hybridized carbons (Fsp3) is 0.522. The Bertz CT molecular complexity index is 1220. The van der Waals surface area contributed by atoms with Crippen LogP contribution in [0, 0.1) is 0 Å². The summed E-state index contributed by atoms with van der Waals surface area (Å²) in [4.78, 5) is 1.86. The van der Waals surface area contributed by atoms with Crippen LogP contribution in [-0.2, 0) is 28.7 Å². The summed E-state index contributed by atoms with van der Waals surface area (Å²) in [6, 6.07) is 8.56. The van der Waals surface area contributed by atoms with Gasteiger partial charge in [0.25, 0.3) is 0 Å². The molecule has 2 heterocycles. The molecule has 0 aliphatic carbocycles. The number of alkyl halides is 6. The van der Waals surface area contributed by atoms with Gasteiger partial charge in [-0.3, -0.25) is 9.58 Å². The number of nitrogens with one attached hydrogen (secondary N) is 1. The first-order valence-electron chi connectivity index (χ1n) is 11.2. The highest BCUT2D eigenvalue weighted by Crippen LogP contribution is 2.31. The summed E-state index contributed by atoms with van der Waals surface area (Å²) < 4.78 is 105. The van der Waals surface area contributed by atoms with E-state index in [9.17, 15) is 34.8 Å². The topological polar surface area (TPSA) is 67.2 Å². The van der Waals surface area contributed by atoms with Gasteiger partial charge in [0.2, 0.25) is 10.0 Å². The van der Waals surface area contributed by atoms with Gasteiger partial charge in [0.1, 0.15) is 0 Å². The molecule has 1 aromatic heterocycles. The highest BCUT2D eigenvalue weighted by atomic mass is 32.2. The molecule has 0 saturated carbocycles. The van der Waals surface area contributed by atoms with Crippen LogP contribution >= 0.6 is 0 Å². The zero-order chi connectivity index (χ0) is 26.9. The second-order valence-corrected chi connectivity index (χ2v) is 11.0. The smallest absolute Gasteiger partial charge is 0.293 e. The van der Waals surface area contributed by atoms with E-state index < -0.39 is 39.2 Å². The van der Waals surface area contributed by atoms with Crippen LogP contribution in [0.2, 0.25) is 0 Å². The molecule has 0 atom stereocenters. The van der Waals surface area contributed by atoms with Crippen molar-refractivity contribution in [2.45, 2.75) is 58.2 Å². The van der Waals surface area contributed by atoms with E-state index in [0.717, 1.165) is 0 Å². The lowest BCUT2D eigenvalue weighted by Gasteiger charge is -2.27. The lowest BCUT2D eigenvalue weighted by Crippen LogP contribution is -2.44. The first kappa shape index (κ1) is 28.2. The Morgan fingerprint density at radius 3 is 2.33 bits per heavy atom. The van der Waals surface area contributed by atoms with E-state index in [1.54, 1.807) is 28.9 Å². The molecule has 0 spiro atoms. The summed E-state index contributed by atoms with van der Waals surface area (Å²) in [5.41, 5.74) is 0.643. The van der Waals surface area contributed by atoms with Gasteiger partial charge in [0, 0.05) is 37.3 Å². The third kappa shape index (κ3) is 7.32. The zero-order valence-corrected chi connectivity index (χ0v) is 20.9. The molecule has 1 aromatic carbocycles. The second-order valence-electron chi connectivity index (χ2n) is 9.23. The fourth-order valence-electron chi connectivity index (χ4n) is 4.13. The number of benzene rings is 1. The Hall–Kier alpha value is -2.38. The van der Waals surface area contributed by atoms with Crippen LogP contribution in [0.5, 0.6) is 0 Å². The van der Waals surface area contributed by atoms with Crippen molar-refractivity contribution in [2.24, 2.45) is 0 Å². The van der Waals surface area contributed by atoms with Gasteiger partial charge in [-0.25, -0.2) is 13.1 Å².